The van der Waals surface area contributed by atoms with E-state index in [1.165, 1.54) is 12.1 Å². The van der Waals surface area contributed by atoms with Gasteiger partial charge >= 0.3 is 5.97 Å². The number of thiophene rings is 1. The molecule has 0 aliphatic heterocycles. The number of benzene rings is 1. The zero-order chi connectivity index (χ0) is 15.7. The summed E-state index contributed by atoms with van der Waals surface area (Å²) in [5.74, 6) is -1.06. The van der Waals surface area contributed by atoms with E-state index in [-0.39, 0.29) is 16.3 Å². The standard InChI is InChI=1S/C14H14N2O4S/c1-3-9-11(15)13(14(17)18)21-12(9)10-5-4-8(16(19)20)6-7(10)2/h4-6H,3,15H2,1-2H3,(H,17,18). The molecule has 6 nitrogen and oxygen atoms in total. The van der Waals surface area contributed by atoms with E-state index in [1.54, 1.807) is 13.0 Å². The lowest BCUT2D eigenvalue weighted by Crippen LogP contribution is -1.99. The highest BCUT2D eigenvalue weighted by Crippen LogP contribution is 2.40. The monoisotopic (exact) mass is 306 g/mol. The Labute approximate surface area is 125 Å². The summed E-state index contributed by atoms with van der Waals surface area (Å²) in [6.45, 7) is 3.66. The summed E-state index contributed by atoms with van der Waals surface area (Å²) in [7, 11) is 0. The van der Waals surface area contributed by atoms with E-state index in [0.717, 1.165) is 32.9 Å². The van der Waals surface area contributed by atoms with Crippen molar-refractivity contribution in [1.82, 2.24) is 0 Å². The largest absolute Gasteiger partial charge is 0.477 e. The first kappa shape index (κ1) is 15.0. The van der Waals surface area contributed by atoms with E-state index >= 15 is 0 Å². The van der Waals surface area contributed by atoms with Gasteiger partial charge in [0.1, 0.15) is 4.88 Å². The van der Waals surface area contributed by atoms with Gasteiger partial charge in [-0.3, -0.25) is 10.1 Å². The summed E-state index contributed by atoms with van der Waals surface area (Å²) in [5, 5.41) is 20.0. The Balaban J connectivity index is 2.64. The second-order valence-electron chi connectivity index (χ2n) is 4.57. The molecule has 0 aliphatic rings. The molecule has 0 fully saturated rings. The topological polar surface area (TPSA) is 106 Å². The number of anilines is 1. The summed E-state index contributed by atoms with van der Waals surface area (Å²) < 4.78 is 0. The number of rotatable bonds is 4. The number of hydrogen-bond donors (Lipinski definition) is 2. The predicted molar refractivity (Wildman–Crippen MR) is 81.9 cm³/mol. The number of carbonyl (C=O) groups is 1. The number of nitrogen functional groups attached to an aromatic ring is 1. The minimum atomic E-state index is -1.06. The van der Waals surface area contributed by atoms with Crippen LogP contribution in [0.5, 0.6) is 0 Å². The quantitative estimate of drug-likeness (QED) is 0.664. The molecule has 0 aliphatic carbocycles. The predicted octanol–water partition coefficient (Wildman–Crippen LogP) is 3.47. The van der Waals surface area contributed by atoms with Crippen molar-refractivity contribution in [3.63, 3.8) is 0 Å². The van der Waals surface area contributed by atoms with Crippen molar-refractivity contribution >= 4 is 28.7 Å². The lowest BCUT2D eigenvalue weighted by molar-refractivity contribution is -0.384. The number of aromatic carboxylic acids is 1. The van der Waals surface area contributed by atoms with Crippen LogP contribution < -0.4 is 5.73 Å². The van der Waals surface area contributed by atoms with Crippen LogP contribution in [0.2, 0.25) is 0 Å². The molecule has 7 heteroatoms. The molecule has 0 atom stereocenters. The Bertz CT molecular complexity index is 737. The van der Waals surface area contributed by atoms with Crippen LogP contribution in [0.25, 0.3) is 10.4 Å². The van der Waals surface area contributed by atoms with Gasteiger partial charge in [0.2, 0.25) is 0 Å². The summed E-state index contributed by atoms with van der Waals surface area (Å²) in [4.78, 5) is 22.4. The zero-order valence-corrected chi connectivity index (χ0v) is 12.4. The fourth-order valence-corrected chi connectivity index (χ4v) is 3.46. The van der Waals surface area contributed by atoms with Crippen LogP contribution >= 0.6 is 11.3 Å². The average molecular weight is 306 g/mol. The third-order valence-electron chi connectivity index (χ3n) is 3.26. The van der Waals surface area contributed by atoms with E-state index in [1.807, 2.05) is 6.92 Å². The van der Waals surface area contributed by atoms with Crippen molar-refractivity contribution in [3.8, 4) is 10.4 Å². The van der Waals surface area contributed by atoms with Gasteiger partial charge in [-0.05, 0) is 36.1 Å². The smallest absolute Gasteiger partial charge is 0.348 e. The fraction of sp³-hybridized carbons (Fsp3) is 0.214. The molecule has 0 bridgehead atoms. The van der Waals surface area contributed by atoms with Gasteiger partial charge in [0.25, 0.3) is 5.69 Å². The number of nitro benzene ring substituents is 1. The minimum Gasteiger partial charge on any atom is -0.477 e. The molecule has 0 unspecified atom stereocenters. The Hall–Kier alpha value is -2.41. The molecule has 0 saturated carbocycles. The maximum absolute atomic E-state index is 11.2. The molecule has 1 aromatic heterocycles. The van der Waals surface area contributed by atoms with Crippen LogP contribution in [0, 0.1) is 17.0 Å². The number of carboxylic acid groups (broad SMARTS) is 1. The molecule has 2 rings (SSSR count). The second-order valence-corrected chi connectivity index (χ2v) is 5.59. The number of carboxylic acids is 1. The van der Waals surface area contributed by atoms with Crippen molar-refractivity contribution in [1.29, 1.82) is 0 Å². The molecule has 0 amide bonds. The molecule has 0 saturated heterocycles. The normalized spacial score (nSPS) is 10.6. The third-order valence-corrected chi connectivity index (χ3v) is 4.53. The first-order valence-corrected chi connectivity index (χ1v) is 7.08. The van der Waals surface area contributed by atoms with Crippen LogP contribution in [0.1, 0.15) is 27.7 Å². The number of hydrogen-bond acceptors (Lipinski definition) is 5. The average Bonchev–Trinajstić information content (AvgIpc) is 2.75. The van der Waals surface area contributed by atoms with Gasteiger partial charge in [0.05, 0.1) is 10.6 Å². The maximum atomic E-state index is 11.2. The summed E-state index contributed by atoms with van der Waals surface area (Å²) >= 11 is 1.11. The van der Waals surface area contributed by atoms with Gasteiger partial charge < -0.3 is 10.8 Å². The van der Waals surface area contributed by atoms with Gasteiger partial charge in [0.15, 0.2) is 0 Å². The van der Waals surface area contributed by atoms with Crippen molar-refractivity contribution in [3.05, 3.63) is 44.3 Å². The van der Waals surface area contributed by atoms with E-state index in [0.29, 0.717) is 6.42 Å². The van der Waals surface area contributed by atoms with Crippen molar-refractivity contribution in [2.75, 3.05) is 5.73 Å². The van der Waals surface area contributed by atoms with E-state index < -0.39 is 10.9 Å². The Morgan fingerprint density at radius 1 is 1.48 bits per heavy atom. The summed E-state index contributed by atoms with van der Waals surface area (Å²) in [6.07, 6.45) is 0.599. The number of non-ortho nitro benzene ring substituents is 1. The lowest BCUT2D eigenvalue weighted by atomic mass is 10.0. The molecule has 0 spiro atoms. The third kappa shape index (κ3) is 2.59. The van der Waals surface area contributed by atoms with Gasteiger partial charge in [-0.25, -0.2) is 4.79 Å². The van der Waals surface area contributed by atoms with Crippen LogP contribution in [-0.4, -0.2) is 16.0 Å². The molecule has 21 heavy (non-hydrogen) atoms. The molecule has 2 aromatic rings. The molecular formula is C14H14N2O4S. The molecule has 110 valence electrons. The second kappa shape index (κ2) is 5.53. The molecular weight excluding hydrogens is 292 g/mol. The fourth-order valence-electron chi connectivity index (χ4n) is 2.22. The summed E-state index contributed by atoms with van der Waals surface area (Å²) in [6, 6.07) is 4.53. The highest BCUT2D eigenvalue weighted by molar-refractivity contribution is 7.18. The van der Waals surface area contributed by atoms with E-state index in [4.69, 9.17) is 5.73 Å². The number of aryl methyl sites for hydroxylation is 1. The van der Waals surface area contributed by atoms with Crippen molar-refractivity contribution in [2.24, 2.45) is 0 Å². The highest BCUT2D eigenvalue weighted by Gasteiger charge is 2.21. The molecule has 3 N–H and O–H groups in total. The van der Waals surface area contributed by atoms with Gasteiger partial charge in [-0.15, -0.1) is 11.3 Å². The summed E-state index contributed by atoms with van der Waals surface area (Å²) in [5.41, 5.74) is 8.47. The Morgan fingerprint density at radius 2 is 2.14 bits per heavy atom. The number of nitrogens with two attached hydrogens (primary N) is 1. The maximum Gasteiger partial charge on any atom is 0.348 e. The molecule has 1 aromatic carbocycles. The van der Waals surface area contributed by atoms with Gasteiger partial charge in [0, 0.05) is 17.0 Å². The lowest BCUT2D eigenvalue weighted by Gasteiger charge is -2.06. The first-order valence-electron chi connectivity index (χ1n) is 6.26. The highest BCUT2D eigenvalue weighted by atomic mass is 32.1. The van der Waals surface area contributed by atoms with E-state index in [9.17, 15) is 20.0 Å². The molecule has 1 heterocycles. The van der Waals surface area contributed by atoms with Gasteiger partial charge in [-0.2, -0.15) is 0 Å². The SMILES string of the molecule is CCc1c(-c2ccc([N+](=O)[O-])cc2C)sc(C(=O)O)c1N. The zero-order valence-electron chi connectivity index (χ0n) is 11.5. The first-order chi connectivity index (χ1) is 9.86. The van der Waals surface area contributed by atoms with Crippen LogP contribution in [0.4, 0.5) is 11.4 Å². The number of nitrogens with zero attached hydrogens (tertiary/aromatic N) is 1. The van der Waals surface area contributed by atoms with Crippen LogP contribution in [0.3, 0.4) is 0 Å². The van der Waals surface area contributed by atoms with Gasteiger partial charge in [-0.1, -0.05) is 6.92 Å². The van der Waals surface area contributed by atoms with Crippen LogP contribution in [0.15, 0.2) is 18.2 Å². The Kier molecular flexibility index (Phi) is 3.95. The molecule has 0 radical (unpaired) electrons. The van der Waals surface area contributed by atoms with E-state index in [2.05, 4.69) is 0 Å². The number of nitro groups is 1. The van der Waals surface area contributed by atoms with Crippen molar-refractivity contribution in [2.45, 2.75) is 20.3 Å². The minimum absolute atomic E-state index is 0.0114. The van der Waals surface area contributed by atoms with Crippen molar-refractivity contribution < 1.29 is 14.8 Å². The Morgan fingerprint density at radius 3 is 2.62 bits per heavy atom. The van der Waals surface area contributed by atoms with Crippen LogP contribution in [-0.2, 0) is 6.42 Å².